The van der Waals surface area contributed by atoms with Crippen molar-refractivity contribution in [1.29, 1.82) is 0 Å². The zero-order chi connectivity index (χ0) is 12.2. The van der Waals surface area contributed by atoms with Crippen LogP contribution in [-0.4, -0.2) is 36.1 Å². The van der Waals surface area contributed by atoms with Gasteiger partial charge in [0, 0.05) is 6.54 Å². The van der Waals surface area contributed by atoms with E-state index in [-0.39, 0.29) is 5.91 Å². The number of nitrogens with one attached hydrogen (secondary N) is 2. The van der Waals surface area contributed by atoms with Crippen LogP contribution in [0.1, 0.15) is 33.1 Å². The van der Waals surface area contributed by atoms with Crippen molar-refractivity contribution in [3.63, 3.8) is 0 Å². The molecule has 0 spiro atoms. The molecule has 1 saturated heterocycles. The van der Waals surface area contributed by atoms with Gasteiger partial charge in [-0.25, -0.2) is 0 Å². The van der Waals surface area contributed by atoms with E-state index in [2.05, 4.69) is 10.6 Å². The quantitative estimate of drug-likeness (QED) is 0.649. The molecule has 1 fully saturated rings. The Morgan fingerprint density at radius 2 is 2.25 bits per heavy atom. The van der Waals surface area contributed by atoms with Crippen LogP contribution in [0.4, 0.5) is 0 Å². The Morgan fingerprint density at radius 3 is 2.69 bits per heavy atom. The molecule has 2 atom stereocenters. The molecule has 1 heterocycles. The number of hydrogen-bond acceptors (Lipinski definition) is 3. The normalized spacial score (nSPS) is 27.1. The highest BCUT2D eigenvalue weighted by Crippen LogP contribution is 2.30. The van der Waals surface area contributed by atoms with Crippen LogP contribution >= 0.6 is 0 Å². The summed E-state index contributed by atoms with van der Waals surface area (Å²) in [6.07, 6.45) is 2.52. The van der Waals surface area contributed by atoms with E-state index in [1.54, 1.807) is 0 Å². The largest absolute Gasteiger partial charge is 0.480 e. The smallest absolute Gasteiger partial charge is 0.325 e. The Labute approximate surface area is 95.6 Å². The van der Waals surface area contributed by atoms with Gasteiger partial charge in [0.15, 0.2) is 0 Å². The second-order valence-electron chi connectivity index (χ2n) is 4.45. The number of rotatable bonds is 4. The van der Waals surface area contributed by atoms with Crippen molar-refractivity contribution in [3.05, 3.63) is 0 Å². The third kappa shape index (κ3) is 2.72. The van der Waals surface area contributed by atoms with Crippen molar-refractivity contribution in [1.82, 2.24) is 10.6 Å². The predicted molar refractivity (Wildman–Crippen MR) is 60.1 cm³/mol. The Morgan fingerprint density at radius 1 is 1.56 bits per heavy atom. The first-order chi connectivity index (χ1) is 7.52. The Balaban J connectivity index is 2.65. The van der Waals surface area contributed by atoms with E-state index in [9.17, 15) is 9.59 Å². The highest BCUT2D eigenvalue weighted by atomic mass is 16.4. The molecular formula is C11H20N2O3. The lowest BCUT2D eigenvalue weighted by Crippen LogP contribution is -2.53. The van der Waals surface area contributed by atoms with Gasteiger partial charge in [-0.1, -0.05) is 6.92 Å². The zero-order valence-corrected chi connectivity index (χ0v) is 9.88. The number of amides is 1. The second-order valence-corrected chi connectivity index (χ2v) is 4.45. The van der Waals surface area contributed by atoms with Gasteiger partial charge in [-0.15, -0.1) is 0 Å². The monoisotopic (exact) mass is 228 g/mol. The molecule has 1 aliphatic heterocycles. The average Bonchev–Trinajstić information content (AvgIpc) is 2.29. The molecule has 0 aromatic carbocycles. The molecule has 1 rings (SSSR count). The van der Waals surface area contributed by atoms with Crippen LogP contribution in [0.2, 0.25) is 0 Å². The van der Waals surface area contributed by atoms with E-state index in [1.807, 2.05) is 6.92 Å². The van der Waals surface area contributed by atoms with Crippen molar-refractivity contribution >= 4 is 11.9 Å². The number of hydrogen-bond donors (Lipinski definition) is 3. The topological polar surface area (TPSA) is 78.4 Å². The molecular weight excluding hydrogens is 208 g/mol. The standard InChI is InChI=1S/C11H20N2O3/c1-3-11(5-4-6-12-7-11)10(16)13-8(2)9(14)15/h8,12H,3-7H2,1-2H3,(H,13,16)(H,14,15)/t8-,11?/m1/s1. The van der Waals surface area contributed by atoms with E-state index in [0.29, 0.717) is 6.54 Å². The maximum atomic E-state index is 12.1. The van der Waals surface area contributed by atoms with Crippen LogP contribution in [0.15, 0.2) is 0 Å². The summed E-state index contributed by atoms with van der Waals surface area (Å²) in [4.78, 5) is 22.7. The minimum Gasteiger partial charge on any atom is -0.480 e. The number of carboxylic acids is 1. The summed E-state index contributed by atoms with van der Waals surface area (Å²) in [7, 11) is 0. The fraction of sp³-hybridized carbons (Fsp3) is 0.818. The van der Waals surface area contributed by atoms with Gasteiger partial charge in [0.1, 0.15) is 6.04 Å². The molecule has 3 N–H and O–H groups in total. The first kappa shape index (κ1) is 13.0. The molecule has 5 nitrogen and oxygen atoms in total. The molecule has 0 aromatic heterocycles. The molecule has 16 heavy (non-hydrogen) atoms. The Hall–Kier alpha value is -1.10. The van der Waals surface area contributed by atoms with Crippen LogP contribution < -0.4 is 10.6 Å². The molecule has 0 bridgehead atoms. The molecule has 0 radical (unpaired) electrons. The van der Waals surface area contributed by atoms with Crippen LogP contribution in [0.25, 0.3) is 0 Å². The number of aliphatic carboxylic acids is 1. The highest BCUT2D eigenvalue weighted by molar-refractivity contribution is 5.87. The molecule has 1 aliphatic rings. The second kappa shape index (κ2) is 5.30. The van der Waals surface area contributed by atoms with Gasteiger partial charge in [0.25, 0.3) is 0 Å². The van der Waals surface area contributed by atoms with E-state index < -0.39 is 17.4 Å². The minimum atomic E-state index is -0.997. The zero-order valence-electron chi connectivity index (χ0n) is 9.88. The third-order valence-electron chi connectivity index (χ3n) is 3.35. The van der Waals surface area contributed by atoms with Crippen molar-refractivity contribution in [2.75, 3.05) is 13.1 Å². The molecule has 5 heteroatoms. The summed E-state index contributed by atoms with van der Waals surface area (Å²) >= 11 is 0. The summed E-state index contributed by atoms with van der Waals surface area (Å²) in [6, 6.07) is -0.821. The van der Waals surface area contributed by atoms with Crippen molar-refractivity contribution < 1.29 is 14.7 Å². The lowest BCUT2D eigenvalue weighted by atomic mass is 9.77. The minimum absolute atomic E-state index is 0.142. The van der Waals surface area contributed by atoms with Crippen LogP contribution in [0.3, 0.4) is 0 Å². The number of carboxylic acid groups (broad SMARTS) is 1. The summed E-state index contributed by atoms with van der Waals surface area (Å²) in [5.41, 5.74) is -0.429. The van der Waals surface area contributed by atoms with Crippen LogP contribution in [0.5, 0.6) is 0 Å². The first-order valence-corrected chi connectivity index (χ1v) is 5.76. The van der Waals surface area contributed by atoms with E-state index in [4.69, 9.17) is 5.11 Å². The van der Waals surface area contributed by atoms with E-state index in [1.165, 1.54) is 6.92 Å². The van der Waals surface area contributed by atoms with E-state index in [0.717, 1.165) is 25.8 Å². The summed E-state index contributed by atoms with van der Waals surface area (Å²) in [5.74, 6) is -1.14. The van der Waals surface area contributed by atoms with Crippen molar-refractivity contribution in [2.24, 2.45) is 5.41 Å². The van der Waals surface area contributed by atoms with Gasteiger partial charge in [0.05, 0.1) is 5.41 Å². The lowest BCUT2D eigenvalue weighted by molar-refractivity contribution is -0.143. The summed E-state index contributed by atoms with van der Waals surface area (Å²) in [6.45, 7) is 5.03. The Kier molecular flexibility index (Phi) is 4.29. The fourth-order valence-electron chi connectivity index (χ4n) is 2.04. The maximum absolute atomic E-state index is 12.1. The van der Waals surface area contributed by atoms with Gasteiger partial charge in [0.2, 0.25) is 5.91 Å². The first-order valence-electron chi connectivity index (χ1n) is 5.76. The maximum Gasteiger partial charge on any atom is 0.325 e. The summed E-state index contributed by atoms with van der Waals surface area (Å²) in [5, 5.41) is 14.5. The van der Waals surface area contributed by atoms with Crippen LogP contribution in [-0.2, 0) is 9.59 Å². The average molecular weight is 228 g/mol. The van der Waals surface area contributed by atoms with Gasteiger partial charge in [-0.2, -0.15) is 0 Å². The van der Waals surface area contributed by atoms with Gasteiger partial charge >= 0.3 is 5.97 Å². The van der Waals surface area contributed by atoms with Gasteiger partial charge < -0.3 is 15.7 Å². The van der Waals surface area contributed by atoms with Crippen LogP contribution in [0, 0.1) is 5.41 Å². The number of carbonyl (C=O) groups is 2. The molecule has 0 aromatic rings. The molecule has 1 amide bonds. The predicted octanol–water partition coefficient (Wildman–Crippen LogP) is 0.355. The fourth-order valence-corrected chi connectivity index (χ4v) is 2.04. The van der Waals surface area contributed by atoms with Gasteiger partial charge in [-0.05, 0) is 32.7 Å². The molecule has 1 unspecified atom stereocenters. The molecule has 0 aliphatic carbocycles. The molecule has 92 valence electrons. The van der Waals surface area contributed by atoms with Crippen molar-refractivity contribution in [3.8, 4) is 0 Å². The SMILES string of the molecule is CCC1(C(=O)N[C@H](C)C(=O)O)CCCNC1. The Bertz CT molecular complexity index is 272. The van der Waals surface area contributed by atoms with Crippen molar-refractivity contribution in [2.45, 2.75) is 39.2 Å². The highest BCUT2D eigenvalue weighted by Gasteiger charge is 2.38. The van der Waals surface area contributed by atoms with E-state index >= 15 is 0 Å². The third-order valence-corrected chi connectivity index (χ3v) is 3.35. The summed E-state index contributed by atoms with van der Waals surface area (Å²) < 4.78 is 0. The molecule has 0 saturated carbocycles. The number of piperidine rings is 1. The van der Waals surface area contributed by atoms with Gasteiger partial charge in [-0.3, -0.25) is 9.59 Å². The number of carbonyl (C=O) groups excluding carboxylic acids is 1. The lowest BCUT2D eigenvalue weighted by Gasteiger charge is -2.35.